The Kier molecular flexibility index (Phi) is 3.12. The monoisotopic (exact) mass is 335 g/mol. The third-order valence-electron chi connectivity index (χ3n) is 2.77. The zero-order valence-corrected chi connectivity index (χ0v) is 12.2. The van der Waals surface area contributed by atoms with Crippen molar-refractivity contribution in [2.45, 2.75) is 6.54 Å². The standard InChI is InChI=1S/C13H10BrN3OS/c14-9-3-8(4-10(15)5-9)6-17-7-16-11-1-2-19-12(11)13(17)18/h1-5,7H,6,15H2. The molecule has 1 aromatic carbocycles. The molecule has 96 valence electrons. The van der Waals surface area contributed by atoms with Crippen LogP contribution in [0.25, 0.3) is 10.2 Å². The van der Waals surface area contributed by atoms with Crippen LogP contribution in [0.3, 0.4) is 0 Å². The van der Waals surface area contributed by atoms with Gasteiger partial charge in [-0.15, -0.1) is 11.3 Å². The van der Waals surface area contributed by atoms with Gasteiger partial charge in [0.15, 0.2) is 0 Å². The van der Waals surface area contributed by atoms with Gasteiger partial charge in [-0.1, -0.05) is 15.9 Å². The molecule has 0 saturated carbocycles. The Hall–Kier alpha value is -1.66. The second-order valence-electron chi connectivity index (χ2n) is 4.21. The van der Waals surface area contributed by atoms with Crippen molar-refractivity contribution < 1.29 is 0 Å². The highest BCUT2D eigenvalue weighted by atomic mass is 79.9. The van der Waals surface area contributed by atoms with Crippen molar-refractivity contribution in [3.63, 3.8) is 0 Å². The predicted molar refractivity (Wildman–Crippen MR) is 81.5 cm³/mol. The number of nitrogens with zero attached hydrogens (tertiary/aromatic N) is 2. The molecule has 0 spiro atoms. The highest BCUT2D eigenvalue weighted by Gasteiger charge is 2.06. The molecule has 0 fully saturated rings. The highest BCUT2D eigenvalue weighted by molar-refractivity contribution is 9.10. The molecule has 0 aliphatic rings. The van der Waals surface area contributed by atoms with E-state index >= 15 is 0 Å². The number of hydrogen-bond acceptors (Lipinski definition) is 4. The van der Waals surface area contributed by atoms with Crippen molar-refractivity contribution in [1.29, 1.82) is 0 Å². The number of hydrogen-bond donors (Lipinski definition) is 1. The Morgan fingerprint density at radius 2 is 2.21 bits per heavy atom. The van der Waals surface area contributed by atoms with Gasteiger partial charge < -0.3 is 5.73 Å². The van der Waals surface area contributed by atoms with Crippen molar-refractivity contribution in [2.24, 2.45) is 0 Å². The van der Waals surface area contributed by atoms with Gasteiger partial charge in [0, 0.05) is 10.2 Å². The molecule has 0 atom stereocenters. The molecule has 2 heterocycles. The van der Waals surface area contributed by atoms with E-state index in [4.69, 9.17) is 5.73 Å². The van der Waals surface area contributed by atoms with E-state index in [9.17, 15) is 4.79 Å². The fourth-order valence-corrected chi connectivity index (χ4v) is 3.31. The summed E-state index contributed by atoms with van der Waals surface area (Å²) in [6, 6.07) is 7.48. The molecular weight excluding hydrogens is 326 g/mol. The third-order valence-corrected chi connectivity index (χ3v) is 4.12. The number of aromatic nitrogens is 2. The average Bonchev–Trinajstić information content (AvgIpc) is 2.80. The first kappa shape index (κ1) is 12.4. The van der Waals surface area contributed by atoms with Crippen LogP contribution in [0.2, 0.25) is 0 Å². The molecule has 0 saturated heterocycles. The van der Waals surface area contributed by atoms with E-state index in [2.05, 4.69) is 20.9 Å². The maximum atomic E-state index is 12.3. The van der Waals surface area contributed by atoms with Crippen LogP contribution in [0.4, 0.5) is 5.69 Å². The first-order chi connectivity index (χ1) is 9.13. The Labute approximate surface area is 121 Å². The van der Waals surface area contributed by atoms with Gasteiger partial charge >= 0.3 is 0 Å². The van der Waals surface area contributed by atoms with E-state index in [-0.39, 0.29) is 5.56 Å². The van der Waals surface area contributed by atoms with Crippen LogP contribution in [-0.2, 0) is 6.54 Å². The van der Waals surface area contributed by atoms with Crippen LogP contribution in [0.5, 0.6) is 0 Å². The summed E-state index contributed by atoms with van der Waals surface area (Å²) in [4.78, 5) is 16.5. The lowest BCUT2D eigenvalue weighted by atomic mass is 10.2. The summed E-state index contributed by atoms with van der Waals surface area (Å²) in [5.74, 6) is 0. The smallest absolute Gasteiger partial charge is 0.271 e. The summed E-state index contributed by atoms with van der Waals surface area (Å²) in [7, 11) is 0. The number of nitrogen functional groups attached to an aromatic ring is 1. The summed E-state index contributed by atoms with van der Waals surface area (Å²) in [5.41, 5.74) is 8.16. The number of benzene rings is 1. The van der Waals surface area contributed by atoms with E-state index in [1.165, 1.54) is 11.3 Å². The van der Waals surface area contributed by atoms with E-state index in [1.807, 2.05) is 29.6 Å². The van der Waals surface area contributed by atoms with E-state index in [1.54, 1.807) is 10.9 Å². The molecular formula is C13H10BrN3OS. The van der Waals surface area contributed by atoms with Crippen LogP contribution in [0.1, 0.15) is 5.56 Å². The zero-order chi connectivity index (χ0) is 13.4. The van der Waals surface area contributed by atoms with Crippen LogP contribution in [0.15, 0.2) is 45.2 Å². The Bertz CT molecular complexity index is 789. The predicted octanol–water partition coefficient (Wildman–Crippen LogP) is 2.85. The lowest BCUT2D eigenvalue weighted by molar-refractivity contribution is 0.750. The largest absolute Gasteiger partial charge is 0.399 e. The quantitative estimate of drug-likeness (QED) is 0.732. The second-order valence-corrected chi connectivity index (χ2v) is 6.04. The molecule has 3 aromatic rings. The van der Waals surface area contributed by atoms with Gasteiger partial charge in [0.25, 0.3) is 5.56 Å². The first-order valence-corrected chi connectivity index (χ1v) is 7.28. The number of thiophene rings is 1. The average molecular weight is 336 g/mol. The van der Waals surface area contributed by atoms with Gasteiger partial charge in [0.05, 0.1) is 18.4 Å². The van der Waals surface area contributed by atoms with Crippen LogP contribution in [0, 0.1) is 0 Å². The minimum absolute atomic E-state index is 0.0152. The SMILES string of the molecule is Nc1cc(Br)cc(Cn2cnc3ccsc3c2=O)c1. The van der Waals surface area contributed by atoms with Crippen molar-refractivity contribution in [3.05, 3.63) is 56.4 Å². The molecule has 3 rings (SSSR count). The van der Waals surface area contributed by atoms with Gasteiger partial charge in [-0.3, -0.25) is 9.36 Å². The lowest BCUT2D eigenvalue weighted by Crippen LogP contribution is -2.20. The number of nitrogens with two attached hydrogens (primary N) is 1. The molecule has 0 amide bonds. The van der Waals surface area contributed by atoms with E-state index < -0.39 is 0 Å². The van der Waals surface area contributed by atoms with Gasteiger partial charge in [-0.05, 0) is 35.2 Å². The van der Waals surface area contributed by atoms with Gasteiger partial charge in [0.2, 0.25) is 0 Å². The molecule has 4 nitrogen and oxygen atoms in total. The lowest BCUT2D eigenvalue weighted by Gasteiger charge is -2.07. The maximum Gasteiger partial charge on any atom is 0.271 e. The molecule has 6 heteroatoms. The van der Waals surface area contributed by atoms with Crippen molar-refractivity contribution in [1.82, 2.24) is 9.55 Å². The van der Waals surface area contributed by atoms with Crippen molar-refractivity contribution in [2.75, 3.05) is 5.73 Å². The third kappa shape index (κ3) is 2.41. The molecule has 19 heavy (non-hydrogen) atoms. The molecule has 2 N–H and O–H groups in total. The zero-order valence-electron chi connectivity index (χ0n) is 9.84. The minimum Gasteiger partial charge on any atom is -0.399 e. The summed E-state index contributed by atoms with van der Waals surface area (Å²) < 4.78 is 3.19. The van der Waals surface area contributed by atoms with Crippen LogP contribution in [-0.4, -0.2) is 9.55 Å². The number of fused-ring (bicyclic) bond motifs is 1. The number of anilines is 1. The minimum atomic E-state index is -0.0152. The Morgan fingerprint density at radius 3 is 3.00 bits per heavy atom. The molecule has 0 bridgehead atoms. The molecule has 0 unspecified atom stereocenters. The summed E-state index contributed by atoms with van der Waals surface area (Å²) in [6.07, 6.45) is 1.58. The fourth-order valence-electron chi connectivity index (χ4n) is 1.95. The topological polar surface area (TPSA) is 60.9 Å². The Morgan fingerprint density at radius 1 is 1.37 bits per heavy atom. The van der Waals surface area contributed by atoms with Gasteiger partial charge in [0.1, 0.15) is 4.70 Å². The highest BCUT2D eigenvalue weighted by Crippen LogP contribution is 2.18. The summed E-state index contributed by atoms with van der Waals surface area (Å²) in [6.45, 7) is 0.462. The van der Waals surface area contributed by atoms with Crippen molar-refractivity contribution >= 4 is 43.2 Å². The number of rotatable bonds is 2. The van der Waals surface area contributed by atoms with Crippen LogP contribution < -0.4 is 11.3 Å². The molecule has 0 aliphatic carbocycles. The Balaban J connectivity index is 2.05. The van der Waals surface area contributed by atoms with Gasteiger partial charge in [-0.25, -0.2) is 4.98 Å². The van der Waals surface area contributed by atoms with Gasteiger partial charge in [-0.2, -0.15) is 0 Å². The molecule has 0 radical (unpaired) electrons. The summed E-state index contributed by atoms with van der Waals surface area (Å²) in [5, 5.41) is 1.88. The van der Waals surface area contributed by atoms with E-state index in [0.717, 1.165) is 15.6 Å². The first-order valence-electron chi connectivity index (χ1n) is 5.61. The van der Waals surface area contributed by atoms with E-state index in [0.29, 0.717) is 16.9 Å². The second kappa shape index (κ2) is 4.79. The van der Waals surface area contributed by atoms with Crippen LogP contribution >= 0.6 is 27.3 Å². The number of halogens is 1. The molecule has 2 aromatic heterocycles. The van der Waals surface area contributed by atoms with Crippen molar-refractivity contribution in [3.8, 4) is 0 Å². The normalized spacial score (nSPS) is 11.0. The summed E-state index contributed by atoms with van der Waals surface area (Å²) >= 11 is 4.81. The molecule has 0 aliphatic heterocycles. The fraction of sp³-hybridized carbons (Fsp3) is 0.0769. The maximum absolute atomic E-state index is 12.3.